The molecule has 0 atom stereocenters. The van der Waals surface area contributed by atoms with Crippen LogP contribution in [0.2, 0.25) is 0 Å². The fraction of sp³-hybridized carbons (Fsp3) is 0.455. The number of benzene rings is 2. The van der Waals surface area contributed by atoms with Crippen molar-refractivity contribution < 1.29 is 5.11 Å². The Labute approximate surface area is 157 Å². The summed E-state index contributed by atoms with van der Waals surface area (Å²) in [7, 11) is 0. The van der Waals surface area contributed by atoms with Crippen LogP contribution < -0.4 is 16.6 Å². The third-order valence-electron chi connectivity index (χ3n) is 5.68. The summed E-state index contributed by atoms with van der Waals surface area (Å²) < 4.78 is 0. The van der Waals surface area contributed by atoms with Gasteiger partial charge in [-0.1, -0.05) is 59.7 Å². The van der Waals surface area contributed by atoms with Crippen LogP contribution in [0.3, 0.4) is 0 Å². The van der Waals surface area contributed by atoms with Gasteiger partial charge in [0.2, 0.25) is 0 Å². The van der Waals surface area contributed by atoms with Gasteiger partial charge in [0.25, 0.3) is 0 Å². The first kappa shape index (κ1) is 20.0. The summed E-state index contributed by atoms with van der Waals surface area (Å²) in [5.74, 6) is 0.287. The Bertz CT molecular complexity index is 766. The Hall–Kier alpha value is -2.36. The van der Waals surface area contributed by atoms with Crippen LogP contribution >= 0.6 is 0 Å². The van der Waals surface area contributed by atoms with Crippen molar-refractivity contribution in [3.05, 3.63) is 47.5 Å². The van der Waals surface area contributed by atoms with Gasteiger partial charge >= 0.3 is 0 Å². The largest absolute Gasteiger partial charge is 0.505 e. The van der Waals surface area contributed by atoms with Crippen molar-refractivity contribution in [2.75, 3.05) is 16.6 Å². The summed E-state index contributed by atoms with van der Waals surface area (Å²) in [4.78, 5) is 0. The second-order valence-electron chi connectivity index (χ2n) is 8.23. The van der Waals surface area contributed by atoms with Crippen molar-refractivity contribution in [2.24, 2.45) is 0 Å². The number of nitrogens with two attached hydrogens (primary N) is 1. The minimum atomic E-state index is -0.119. The summed E-state index contributed by atoms with van der Waals surface area (Å²) in [6, 6.07) is 11.7. The number of rotatable bonds is 7. The SMILES string of the molecule is CCC(C)(C)c1cc(NNc2ccccc2N)c(O)c(C(C)(C)CC)c1. The van der Waals surface area contributed by atoms with Crippen LogP contribution in [0.1, 0.15) is 65.5 Å². The number of hydrazine groups is 1. The van der Waals surface area contributed by atoms with Crippen LogP contribution in [0.5, 0.6) is 5.75 Å². The van der Waals surface area contributed by atoms with Crippen molar-refractivity contribution in [2.45, 2.75) is 65.2 Å². The molecular weight excluding hydrogens is 322 g/mol. The first-order chi connectivity index (χ1) is 12.1. The van der Waals surface area contributed by atoms with Gasteiger partial charge in [0.15, 0.2) is 0 Å². The van der Waals surface area contributed by atoms with E-state index in [0.717, 1.165) is 24.1 Å². The number of nitrogens with one attached hydrogen (secondary N) is 2. The third kappa shape index (κ3) is 4.06. The van der Waals surface area contributed by atoms with E-state index in [-0.39, 0.29) is 16.6 Å². The topological polar surface area (TPSA) is 70.3 Å². The van der Waals surface area contributed by atoms with Crippen LogP contribution in [-0.4, -0.2) is 5.11 Å². The minimum Gasteiger partial charge on any atom is -0.505 e. The van der Waals surface area contributed by atoms with E-state index in [4.69, 9.17) is 5.73 Å². The fourth-order valence-electron chi connectivity index (χ4n) is 2.78. The molecule has 0 aliphatic carbocycles. The molecule has 0 amide bonds. The van der Waals surface area contributed by atoms with E-state index >= 15 is 0 Å². The summed E-state index contributed by atoms with van der Waals surface area (Å²) in [6.45, 7) is 13.1. The number of hydrogen-bond acceptors (Lipinski definition) is 4. The highest BCUT2D eigenvalue weighted by atomic mass is 16.3. The number of phenols is 1. The zero-order valence-electron chi connectivity index (χ0n) is 16.9. The van der Waals surface area contributed by atoms with Gasteiger partial charge in [0, 0.05) is 5.56 Å². The molecule has 0 bridgehead atoms. The van der Waals surface area contributed by atoms with Crippen LogP contribution in [-0.2, 0) is 10.8 Å². The molecule has 0 aliphatic heterocycles. The molecule has 2 rings (SSSR count). The smallest absolute Gasteiger partial charge is 0.144 e. The van der Waals surface area contributed by atoms with E-state index < -0.39 is 0 Å². The molecule has 26 heavy (non-hydrogen) atoms. The van der Waals surface area contributed by atoms with Crippen molar-refractivity contribution in [3.63, 3.8) is 0 Å². The van der Waals surface area contributed by atoms with Gasteiger partial charge in [-0.25, -0.2) is 0 Å². The number of phenolic OH excluding ortho intramolecular Hbond substituents is 1. The molecular formula is C22H33N3O. The molecule has 0 aromatic heterocycles. The van der Waals surface area contributed by atoms with Gasteiger partial charge in [0.1, 0.15) is 5.75 Å². The predicted octanol–water partition coefficient (Wildman–Crippen LogP) is 5.79. The first-order valence-electron chi connectivity index (χ1n) is 9.37. The maximum Gasteiger partial charge on any atom is 0.144 e. The van der Waals surface area contributed by atoms with Gasteiger partial charge in [0.05, 0.1) is 17.1 Å². The molecule has 0 spiro atoms. The number of nitrogen functional groups attached to an aromatic ring is 1. The second kappa shape index (κ2) is 7.48. The van der Waals surface area contributed by atoms with E-state index in [0.29, 0.717) is 11.4 Å². The number of anilines is 3. The molecule has 2 aromatic carbocycles. The lowest BCUT2D eigenvalue weighted by molar-refractivity contribution is 0.427. The summed E-state index contributed by atoms with van der Waals surface area (Å²) in [6.07, 6.45) is 1.96. The van der Waals surface area contributed by atoms with E-state index in [9.17, 15) is 5.11 Å². The molecule has 0 heterocycles. The highest BCUT2D eigenvalue weighted by Gasteiger charge is 2.28. The van der Waals surface area contributed by atoms with E-state index in [1.54, 1.807) is 0 Å². The lowest BCUT2D eigenvalue weighted by Crippen LogP contribution is -2.22. The predicted molar refractivity (Wildman–Crippen MR) is 113 cm³/mol. The molecule has 5 N–H and O–H groups in total. The third-order valence-corrected chi connectivity index (χ3v) is 5.68. The van der Waals surface area contributed by atoms with Gasteiger partial charge in [-0.15, -0.1) is 0 Å². The van der Waals surface area contributed by atoms with Gasteiger partial charge < -0.3 is 10.8 Å². The monoisotopic (exact) mass is 355 g/mol. The Morgan fingerprint density at radius 3 is 2.04 bits per heavy atom. The van der Waals surface area contributed by atoms with Crippen LogP contribution in [0.4, 0.5) is 17.1 Å². The van der Waals surface area contributed by atoms with Gasteiger partial charge in [-0.05, 0) is 47.4 Å². The highest BCUT2D eigenvalue weighted by molar-refractivity contribution is 5.71. The summed E-state index contributed by atoms with van der Waals surface area (Å²) in [5.41, 5.74) is 16.5. The minimum absolute atomic E-state index is 0.0223. The lowest BCUT2D eigenvalue weighted by Gasteiger charge is -2.31. The molecule has 4 heteroatoms. The van der Waals surface area contributed by atoms with E-state index in [1.165, 1.54) is 5.56 Å². The quantitative estimate of drug-likeness (QED) is 0.288. The number of para-hydroxylation sites is 2. The van der Waals surface area contributed by atoms with E-state index in [2.05, 4.69) is 58.5 Å². The summed E-state index contributed by atoms with van der Waals surface area (Å²) >= 11 is 0. The van der Waals surface area contributed by atoms with Crippen molar-refractivity contribution in [1.29, 1.82) is 0 Å². The van der Waals surface area contributed by atoms with E-state index in [1.807, 2.05) is 30.3 Å². The summed E-state index contributed by atoms with van der Waals surface area (Å²) in [5, 5.41) is 10.9. The van der Waals surface area contributed by atoms with Crippen LogP contribution in [0.15, 0.2) is 36.4 Å². The maximum absolute atomic E-state index is 10.9. The fourth-order valence-corrected chi connectivity index (χ4v) is 2.78. The molecule has 0 saturated heterocycles. The average Bonchev–Trinajstić information content (AvgIpc) is 2.61. The second-order valence-corrected chi connectivity index (χ2v) is 8.23. The molecule has 142 valence electrons. The van der Waals surface area contributed by atoms with Gasteiger partial charge in [-0.3, -0.25) is 10.9 Å². The van der Waals surface area contributed by atoms with Crippen molar-refractivity contribution in [1.82, 2.24) is 0 Å². The van der Waals surface area contributed by atoms with Crippen LogP contribution in [0, 0.1) is 0 Å². The zero-order chi connectivity index (χ0) is 19.5. The Morgan fingerprint density at radius 2 is 1.46 bits per heavy atom. The first-order valence-corrected chi connectivity index (χ1v) is 9.37. The molecule has 0 unspecified atom stereocenters. The Balaban J connectivity index is 2.48. The highest BCUT2D eigenvalue weighted by Crippen LogP contribution is 2.42. The molecule has 0 radical (unpaired) electrons. The number of aromatic hydroxyl groups is 1. The maximum atomic E-state index is 10.9. The Morgan fingerprint density at radius 1 is 0.885 bits per heavy atom. The van der Waals surface area contributed by atoms with Crippen molar-refractivity contribution in [3.8, 4) is 5.75 Å². The Kier molecular flexibility index (Phi) is 5.74. The van der Waals surface area contributed by atoms with Gasteiger partial charge in [-0.2, -0.15) is 0 Å². The molecule has 4 nitrogen and oxygen atoms in total. The molecule has 0 fully saturated rings. The number of hydrogen-bond donors (Lipinski definition) is 4. The molecule has 2 aromatic rings. The zero-order valence-corrected chi connectivity index (χ0v) is 16.9. The van der Waals surface area contributed by atoms with Crippen molar-refractivity contribution >= 4 is 17.1 Å². The van der Waals surface area contributed by atoms with Crippen LogP contribution in [0.25, 0.3) is 0 Å². The standard InChI is InChI=1S/C22H33N3O/c1-7-21(3,4)15-13-16(22(5,6)8-2)20(26)19(14-15)25-24-18-12-10-9-11-17(18)23/h9-14,24-26H,7-8,23H2,1-6H3. The average molecular weight is 356 g/mol. The molecule has 0 saturated carbocycles. The molecule has 0 aliphatic rings. The normalized spacial score (nSPS) is 12.1. The lowest BCUT2D eigenvalue weighted by atomic mass is 9.76.